The van der Waals surface area contributed by atoms with E-state index in [0.717, 1.165) is 24.1 Å². The monoisotopic (exact) mass is 277 g/mol. The highest BCUT2D eigenvalue weighted by Crippen LogP contribution is 2.22. The summed E-state index contributed by atoms with van der Waals surface area (Å²) >= 11 is 0. The van der Waals surface area contributed by atoms with Gasteiger partial charge in [0.1, 0.15) is 5.75 Å². The fourth-order valence-electron chi connectivity index (χ4n) is 2.61. The molecule has 1 aromatic carbocycles. The lowest BCUT2D eigenvalue weighted by Gasteiger charge is -2.06. The Labute approximate surface area is 124 Å². The number of rotatable bonds is 11. The number of aromatic hydroxyl groups is 1. The molecular formula is C18H31NO. The molecule has 2 heteroatoms. The summed E-state index contributed by atoms with van der Waals surface area (Å²) in [5.41, 5.74) is 7.47. The van der Waals surface area contributed by atoms with E-state index in [1.54, 1.807) is 12.1 Å². The summed E-state index contributed by atoms with van der Waals surface area (Å²) in [6, 6.07) is 5.33. The van der Waals surface area contributed by atoms with Gasteiger partial charge >= 0.3 is 0 Å². The number of phenols is 1. The molecule has 0 fully saturated rings. The van der Waals surface area contributed by atoms with Gasteiger partial charge in [0.05, 0.1) is 0 Å². The predicted octanol–water partition coefficient (Wildman–Crippen LogP) is 5.44. The predicted molar refractivity (Wildman–Crippen MR) is 88.1 cm³/mol. The van der Waals surface area contributed by atoms with Crippen LogP contribution in [0.15, 0.2) is 18.2 Å². The van der Waals surface area contributed by atoms with Crippen LogP contribution in [0.25, 0.3) is 0 Å². The Balaban J connectivity index is 1.98. The van der Waals surface area contributed by atoms with Crippen molar-refractivity contribution in [2.45, 2.75) is 77.6 Å². The minimum Gasteiger partial charge on any atom is -0.508 e. The molecule has 0 saturated heterocycles. The van der Waals surface area contributed by atoms with Gasteiger partial charge in [0, 0.05) is 5.69 Å². The lowest BCUT2D eigenvalue weighted by atomic mass is 10.0. The fourth-order valence-corrected chi connectivity index (χ4v) is 2.61. The van der Waals surface area contributed by atoms with Gasteiger partial charge in [0.15, 0.2) is 0 Å². The van der Waals surface area contributed by atoms with Crippen LogP contribution in [0.3, 0.4) is 0 Å². The third kappa shape index (κ3) is 7.42. The lowest BCUT2D eigenvalue weighted by Crippen LogP contribution is -1.91. The number of aryl methyl sites for hydroxylation is 1. The molecule has 0 heterocycles. The van der Waals surface area contributed by atoms with Gasteiger partial charge in [-0.2, -0.15) is 0 Å². The van der Waals surface area contributed by atoms with Gasteiger partial charge in [0.25, 0.3) is 0 Å². The largest absolute Gasteiger partial charge is 0.508 e. The van der Waals surface area contributed by atoms with Crippen molar-refractivity contribution in [3.05, 3.63) is 23.8 Å². The van der Waals surface area contributed by atoms with E-state index in [4.69, 9.17) is 5.73 Å². The van der Waals surface area contributed by atoms with Crippen LogP contribution < -0.4 is 5.73 Å². The van der Waals surface area contributed by atoms with Gasteiger partial charge < -0.3 is 10.8 Å². The summed E-state index contributed by atoms with van der Waals surface area (Å²) in [5.74, 6) is 0.384. The maximum atomic E-state index is 9.72. The average Bonchev–Trinajstić information content (AvgIpc) is 2.44. The summed E-state index contributed by atoms with van der Waals surface area (Å²) < 4.78 is 0. The minimum atomic E-state index is 0.384. The SMILES string of the molecule is CCCCCCCCCCCCc1cc(N)ccc1O. The summed E-state index contributed by atoms with van der Waals surface area (Å²) in [4.78, 5) is 0. The second-order valence-corrected chi connectivity index (χ2v) is 5.82. The number of benzene rings is 1. The molecule has 0 spiro atoms. The molecule has 20 heavy (non-hydrogen) atoms. The fraction of sp³-hybridized carbons (Fsp3) is 0.667. The van der Waals surface area contributed by atoms with Gasteiger partial charge in [0.2, 0.25) is 0 Å². The Morgan fingerprint density at radius 3 is 2.00 bits per heavy atom. The lowest BCUT2D eigenvalue weighted by molar-refractivity contribution is 0.466. The van der Waals surface area contributed by atoms with Crippen molar-refractivity contribution >= 4 is 5.69 Å². The Hall–Kier alpha value is -1.18. The summed E-state index contributed by atoms with van der Waals surface area (Å²) in [5, 5.41) is 9.72. The maximum absolute atomic E-state index is 9.72. The van der Waals surface area contributed by atoms with E-state index in [1.807, 2.05) is 6.07 Å². The van der Waals surface area contributed by atoms with Crippen molar-refractivity contribution in [1.29, 1.82) is 0 Å². The molecular weight excluding hydrogens is 246 g/mol. The number of anilines is 1. The van der Waals surface area contributed by atoms with Crippen LogP contribution in [0.1, 0.15) is 76.7 Å². The van der Waals surface area contributed by atoms with Gasteiger partial charge in [-0.1, -0.05) is 64.7 Å². The van der Waals surface area contributed by atoms with Crippen LogP contribution in [-0.2, 0) is 6.42 Å². The van der Waals surface area contributed by atoms with Crippen molar-refractivity contribution in [2.24, 2.45) is 0 Å². The highest BCUT2D eigenvalue weighted by molar-refractivity contribution is 5.47. The molecule has 0 aromatic heterocycles. The number of nitrogen functional groups attached to an aromatic ring is 1. The van der Waals surface area contributed by atoms with Crippen LogP contribution in [0.2, 0.25) is 0 Å². The second kappa shape index (κ2) is 10.6. The highest BCUT2D eigenvalue weighted by Gasteiger charge is 2.01. The summed E-state index contributed by atoms with van der Waals surface area (Å²) in [7, 11) is 0. The summed E-state index contributed by atoms with van der Waals surface area (Å²) in [6.45, 7) is 2.26. The van der Waals surface area contributed by atoms with E-state index in [9.17, 15) is 5.11 Å². The van der Waals surface area contributed by atoms with Crippen molar-refractivity contribution < 1.29 is 5.11 Å². The van der Waals surface area contributed by atoms with Gasteiger partial charge in [-0.05, 0) is 36.6 Å². The molecule has 0 aliphatic rings. The zero-order chi connectivity index (χ0) is 14.6. The van der Waals surface area contributed by atoms with E-state index in [1.165, 1.54) is 57.8 Å². The van der Waals surface area contributed by atoms with Crippen molar-refractivity contribution in [1.82, 2.24) is 0 Å². The van der Waals surface area contributed by atoms with Crippen molar-refractivity contribution in [3.63, 3.8) is 0 Å². The number of unbranched alkanes of at least 4 members (excludes halogenated alkanes) is 9. The first-order valence-electron chi connectivity index (χ1n) is 8.31. The number of phenolic OH excluding ortho intramolecular Hbond substituents is 1. The van der Waals surface area contributed by atoms with Crippen molar-refractivity contribution in [3.8, 4) is 5.75 Å². The van der Waals surface area contributed by atoms with Gasteiger partial charge in [-0.15, -0.1) is 0 Å². The van der Waals surface area contributed by atoms with Gasteiger partial charge in [-0.3, -0.25) is 0 Å². The number of nitrogens with two attached hydrogens (primary N) is 1. The molecule has 0 radical (unpaired) electrons. The molecule has 3 N–H and O–H groups in total. The van der Waals surface area contributed by atoms with Gasteiger partial charge in [-0.25, -0.2) is 0 Å². The second-order valence-electron chi connectivity index (χ2n) is 5.82. The van der Waals surface area contributed by atoms with Crippen LogP contribution in [0.4, 0.5) is 5.69 Å². The van der Waals surface area contributed by atoms with E-state index in [-0.39, 0.29) is 0 Å². The van der Waals surface area contributed by atoms with Crippen LogP contribution in [-0.4, -0.2) is 5.11 Å². The topological polar surface area (TPSA) is 46.2 Å². The van der Waals surface area contributed by atoms with Crippen molar-refractivity contribution in [2.75, 3.05) is 5.73 Å². The number of hydrogen-bond acceptors (Lipinski definition) is 2. The molecule has 0 amide bonds. The summed E-state index contributed by atoms with van der Waals surface area (Å²) in [6.07, 6.45) is 14.3. The average molecular weight is 277 g/mol. The smallest absolute Gasteiger partial charge is 0.118 e. The Kier molecular flexibility index (Phi) is 8.93. The van der Waals surface area contributed by atoms with E-state index in [2.05, 4.69) is 6.92 Å². The highest BCUT2D eigenvalue weighted by atomic mass is 16.3. The molecule has 1 aromatic rings. The molecule has 1 rings (SSSR count). The third-order valence-electron chi connectivity index (χ3n) is 3.90. The number of hydrogen-bond donors (Lipinski definition) is 2. The minimum absolute atomic E-state index is 0.384. The zero-order valence-electron chi connectivity index (χ0n) is 13.0. The van der Waals surface area contributed by atoms with Crippen LogP contribution in [0.5, 0.6) is 5.75 Å². The molecule has 0 aliphatic carbocycles. The quantitative estimate of drug-likeness (QED) is 0.321. The normalized spacial score (nSPS) is 10.8. The van der Waals surface area contributed by atoms with E-state index >= 15 is 0 Å². The molecule has 0 bridgehead atoms. The van der Waals surface area contributed by atoms with E-state index in [0.29, 0.717) is 5.75 Å². The maximum Gasteiger partial charge on any atom is 0.118 e. The Morgan fingerprint density at radius 1 is 0.850 bits per heavy atom. The Bertz CT molecular complexity index is 362. The van der Waals surface area contributed by atoms with Crippen LogP contribution >= 0.6 is 0 Å². The molecule has 0 unspecified atom stereocenters. The Morgan fingerprint density at radius 2 is 1.40 bits per heavy atom. The first-order valence-corrected chi connectivity index (χ1v) is 8.31. The van der Waals surface area contributed by atoms with E-state index < -0.39 is 0 Å². The molecule has 114 valence electrons. The zero-order valence-corrected chi connectivity index (χ0v) is 13.0. The first kappa shape index (κ1) is 16.9. The molecule has 0 aliphatic heterocycles. The third-order valence-corrected chi connectivity index (χ3v) is 3.90. The first-order chi connectivity index (χ1) is 9.74. The molecule has 2 nitrogen and oxygen atoms in total. The van der Waals surface area contributed by atoms with Crippen LogP contribution in [0, 0.1) is 0 Å². The standard InChI is InChI=1S/C18H31NO/c1-2-3-4-5-6-7-8-9-10-11-12-16-15-17(19)13-14-18(16)20/h13-15,20H,2-12,19H2,1H3. The molecule has 0 atom stereocenters. The molecule has 0 saturated carbocycles.